The monoisotopic (exact) mass is 312 g/mol. The Hall–Kier alpha value is -2.49. The Morgan fingerprint density at radius 1 is 1.17 bits per heavy atom. The SMILES string of the molecule is CC(C)CCOc1ccccc1CNC(=O)c1cccc(N)c1. The zero-order chi connectivity index (χ0) is 16.7. The quantitative estimate of drug-likeness (QED) is 0.767. The van der Waals surface area contributed by atoms with E-state index < -0.39 is 0 Å². The molecular weight excluding hydrogens is 288 g/mol. The van der Waals surface area contributed by atoms with E-state index in [0.29, 0.717) is 30.3 Å². The van der Waals surface area contributed by atoms with Gasteiger partial charge in [-0.15, -0.1) is 0 Å². The van der Waals surface area contributed by atoms with Crippen molar-refractivity contribution in [3.05, 3.63) is 59.7 Å². The Labute approximate surface area is 137 Å². The number of amides is 1. The molecule has 0 radical (unpaired) electrons. The highest BCUT2D eigenvalue weighted by molar-refractivity contribution is 5.94. The number of carbonyl (C=O) groups excluding carboxylic acids is 1. The van der Waals surface area contributed by atoms with Crippen molar-refractivity contribution in [2.45, 2.75) is 26.8 Å². The third kappa shape index (κ3) is 5.33. The lowest BCUT2D eigenvalue weighted by Gasteiger charge is -2.13. The Morgan fingerprint density at radius 3 is 2.70 bits per heavy atom. The van der Waals surface area contributed by atoms with Crippen LogP contribution in [0.25, 0.3) is 0 Å². The second kappa shape index (κ2) is 8.22. The lowest BCUT2D eigenvalue weighted by atomic mass is 10.1. The maximum atomic E-state index is 12.2. The Bertz CT molecular complexity index is 653. The third-order valence-electron chi connectivity index (χ3n) is 3.51. The van der Waals surface area contributed by atoms with Gasteiger partial charge in [-0.3, -0.25) is 4.79 Å². The first-order valence-electron chi connectivity index (χ1n) is 7.90. The maximum absolute atomic E-state index is 12.2. The van der Waals surface area contributed by atoms with E-state index in [4.69, 9.17) is 10.5 Å². The zero-order valence-electron chi connectivity index (χ0n) is 13.7. The average molecular weight is 312 g/mol. The van der Waals surface area contributed by atoms with Crippen LogP contribution in [0.15, 0.2) is 48.5 Å². The van der Waals surface area contributed by atoms with E-state index in [1.54, 1.807) is 24.3 Å². The minimum atomic E-state index is -0.144. The second-order valence-corrected chi connectivity index (χ2v) is 5.95. The second-order valence-electron chi connectivity index (χ2n) is 5.95. The van der Waals surface area contributed by atoms with Gasteiger partial charge in [0.05, 0.1) is 6.61 Å². The summed E-state index contributed by atoms with van der Waals surface area (Å²) in [6.07, 6.45) is 1.00. The topological polar surface area (TPSA) is 64.3 Å². The third-order valence-corrected chi connectivity index (χ3v) is 3.51. The summed E-state index contributed by atoms with van der Waals surface area (Å²) in [4.78, 5) is 12.2. The fourth-order valence-corrected chi connectivity index (χ4v) is 2.15. The molecule has 0 aliphatic carbocycles. The summed E-state index contributed by atoms with van der Waals surface area (Å²) in [7, 11) is 0. The van der Waals surface area contributed by atoms with Crippen molar-refractivity contribution in [2.75, 3.05) is 12.3 Å². The summed E-state index contributed by atoms with van der Waals surface area (Å²) in [6, 6.07) is 14.7. The number of anilines is 1. The summed E-state index contributed by atoms with van der Waals surface area (Å²) in [6.45, 7) is 5.44. The molecule has 2 rings (SSSR count). The summed E-state index contributed by atoms with van der Waals surface area (Å²) in [5.74, 6) is 1.28. The van der Waals surface area contributed by atoms with Crippen molar-refractivity contribution in [3.63, 3.8) is 0 Å². The van der Waals surface area contributed by atoms with Gasteiger partial charge in [0.15, 0.2) is 0 Å². The van der Waals surface area contributed by atoms with Crippen LogP contribution in [0.1, 0.15) is 36.2 Å². The molecule has 3 N–H and O–H groups in total. The number of nitrogen functional groups attached to an aromatic ring is 1. The minimum absolute atomic E-state index is 0.144. The van der Waals surface area contributed by atoms with Crippen molar-refractivity contribution in [1.29, 1.82) is 0 Å². The van der Waals surface area contributed by atoms with E-state index >= 15 is 0 Å². The molecule has 2 aromatic rings. The molecule has 0 aromatic heterocycles. The highest BCUT2D eigenvalue weighted by Gasteiger charge is 2.08. The van der Waals surface area contributed by atoms with Crippen LogP contribution < -0.4 is 15.8 Å². The van der Waals surface area contributed by atoms with E-state index in [1.807, 2.05) is 24.3 Å². The first kappa shape index (κ1) is 16.9. The molecule has 0 aliphatic rings. The first-order chi connectivity index (χ1) is 11.1. The van der Waals surface area contributed by atoms with E-state index in [9.17, 15) is 4.79 Å². The summed E-state index contributed by atoms with van der Waals surface area (Å²) in [5.41, 5.74) is 7.81. The molecular formula is C19H24N2O2. The van der Waals surface area contributed by atoms with Crippen LogP contribution in [0, 0.1) is 5.92 Å². The number of ether oxygens (including phenoxy) is 1. The molecule has 0 bridgehead atoms. The number of benzene rings is 2. The Balaban J connectivity index is 1.96. The molecule has 0 fully saturated rings. The number of hydrogen-bond acceptors (Lipinski definition) is 3. The summed E-state index contributed by atoms with van der Waals surface area (Å²) in [5, 5.41) is 2.91. The number of nitrogens with one attached hydrogen (secondary N) is 1. The van der Waals surface area contributed by atoms with Gasteiger partial charge in [-0.2, -0.15) is 0 Å². The molecule has 4 heteroatoms. The fourth-order valence-electron chi connectivity index (χ4n) is 2.15. The van der Waals surface area contributed by atoms with E-state index in [-0.39, 0.29) is 5.91 Å². The average Bonchev–Trinajstić information content (AvgIpc) is 2.53. The number of carbonyl (C=O) groups is 1. The molecule has 0 saturated carbocycles. The molecule has 2 aromatic carbocycles. The Morgan fingerprint density at radius 2 is 1.96 bits per heavy atom. The number of hydrogen-bond donors (Lipinski definition) is 2. The van der Waals surface area contributed by atoms with Crippen molar-refractivity contribution >= 4 is 11.6 Å². The van der Waals surface area contributed by atoms with E-state index in [1.165, 1.54) is 0 Å². The van der Waals surface area contributed by atoms with E-state index in [0.717, 1.165) is 17.7 Å². The highest BCUT2D eigenvalue weighted by Crippen LogP contribution is 2.19. The number of nitrogens with two attached hydrogens (primary N) is 1. The van der Waals surface area contributed by atoms with Crippen molar-refractivity contribution in [1.82, 2.24) is 5.32 Å². The van der Waals surface area contributed by atoms with Crippen molar-refractivity contribution < 1.29 is 9.53 Å². The fraction of sp³-hybridized carbons (Fsp3) is 0.316. The first-order valence-corrected chi connectivity index (χ1v) is 7.90. The van der Waals surface area contributed by atoms with Gasteiger partial charge in [0.1, 0.15) is 5.75 Å². The van der Waals surface area contributed by atoms with Crippen LogP contribution in [-0.4, -0.2) is 12.5 Å². The molecule has 0 aliphatic heterocycles. The molecule has 0 spiro atoms. The predicted octanol–water partition coefficient (Wildman–Crippen LogP) is 3.62. The van der Waals surface area contributed by atoms with Gasteiger partial charge in [0.25, 0.3) is 5.91 Å². The van der Waals surface area contributed by atoms with Crippen molar-refractivity contribution in [2.24, 2.45) is 5.92 Å². The van der Waals surface area contributed by atoms with Gasteiger partial charge in [-0.05, 0) is 36.6 Å². The van der Waals surface area contributed by atoms with Gasteiger partial charge in [-0.1, -0.05) is 38.1 Å². The smallest absolute Gasteiger partial charge is 0.251 e. The molecule has 4 nitrogen and oxygen atoms in total. The van der Waals surface area contributed by atoms with Gasteiger partial charge in [0.2, 0.25) is 0 Å². The lowest BCUT2D eigenvalue weighted by molar-refractivity contribution is 0.0950. The summed E-state index contributed by atoms with van der Waals surface area (Å²) >= 11 is 0. The lowest BCUT2D eigenvalue weighted by Crippen LogP contribution is -2.23. The van der Waals surface area contributed by atoms with Crippen LogP contribution in [-0.2, 0) is 6.54 Å². The maximum Gasteiger partial charge on any atom is 0.251 e. The molecule has 0 unspecified atom stereocenters. The van der Waals surface area contributed by atoms with Crippen LogP contribution >= 0.6 is 0 Å². The minimum Gasteiger partial charge on any atom is -0.493 e. The molecule has 23 heavy (non-hydrogen) atoms. The zero-order valence-corrected chi connectivity index (χ0v) is 13.7. The standard InChI is InChI=1S/C19H24N2O2/c1-14(2)10-11-23-18-9-4-3-6-16(18)13-21-19(22)15-7-5-8-17(20)12-15/h3-9,12,14H,10-11,13,20H2,1-2H3,(H,21,22). The van der Waals surface area contributed by atoms with Crippen LogP contribution in [0.4, 0.5) is 5.69 Å². The summed E-state index contributed by atoms with van der Waals surface area (Å²) < 4.78 is 5.83. The molecule has 0 saturated heterocycles. The molecule has 122 valence electrons. The highest BCUT2D eigenvalue weighted by atomic mass is 16.5. The number of para-hydroxylation sites is 1. The van der Waals surface area contributed by atoms with Gasteiger partial charge in [-0.25, -0.2) is 0 Å². The van der Waals surface area contributed by atoms with Crippen LogP contribution in [0.3, 0.4) is 0 Å². The van der Waals surface area contributed by atoms with Crippen LogP contribution in [0.5, 0.6) is 5.75 Å². The van der Waals surface area contributed by atoms with E-state index in [2.05, 4.69) is 19.2 Å². The van der Waals surface area contributed by atoms with Gasteiger partial charge in [0, 0.05) is 23.4 Å². The van der Waals surface area contributed by atoms with Crippen molar-refractivity contribution in [3.8, 4) is 5.75 Å². The Kier molecular flexibility index (Phi) is 6.03. The molecule has 0 heterocycles. The normalized spacial score (nSPS) is 10.6. The molecule has 1 amide bonds. The molecule has 0 atom stereocenters. The number of rotatable bonds is 7. The van der Waals surface area contributed by atoms with Gasteiger partial charge < -0.3 is 15.8 Å². The van der Waals surface area contributed by atoms with Crippen LogP contribution in [0.2, 0.25) is 0 Å². The van der Waals surface area contributed by atoms with Gasteiger partial charge >= 0.3 is 0 Å². The predicted molar refractivity (Wildman–Crippen MR) is 93.4 cm³/mol. The largest absolute Gasteiger partial charge is 0.493 e.